The fraction of sp³-hybridized carbons (Fsp3) is 0.800. The van der Waals surface area contributed by atoms with Gasteiger partial charge in [-0.15, -0.1) is 0 Å². The smallest absolute Gasteiger partial charge is 0.239 e. The molecule has 3 heterocycles. The SMILES string of the molecule is O=C1C(CC2CC2)C(=O)N(CC2CO2)C(=O)C1CC1CO1. The summed E-state index contributed by atoms with van der Waals surface area (Å²) in [4.78, 5) is 38.9. The van der Waals surface area contributed by atoms with Gasteiger partial charge in [0.05, 0.1) is 37.9 Å². The summed E-state index contributed by atoms with van der Waals surface area (Å²) in [5.41, 5.74) is 0. The Hall–Kier alpha value is -1.27. The van der Waals surface area contributed by atoms with Gasteiger partial charge in [-0.3, -0.25) is 19.3 Å². The first-order valence-corrected chi connectivity index (χ1v) is 7.75. The number of Topliss-reactive ketones (excluding diaryl/α,β-unsaturated/α-hetero) is 1. The maximum atomic E-state index is 12.6. The first-order valence-electron chi connectivity index (χ1n) is 7.75. The minimum Gasteiger partial charge on any atom is -0.373 e. The second-order valence-corrected chi connectivity index (χ2v) is 6.62. The highest BCUT2D eigenvalue weighted by molar-refractivity contribution is 6.20. The molecule has 1 saturated carbocycles. The topological polar surface area (TPSA) is 79.5 Å². The van der Waals surface area contributed by atoms with Crippen LogP contribution in [0, 0.1) is 17.8 Å². The molecule has 6 heteroatoms. The number of carbonyl (C=O) groups excluding carboxylic acids is 3. The molecule has 2 amide bonds. The number of nitrogens with zero attached hydrogens (tertiary/aromatic N) is 1. The third-order valence-corrected chi connectivity index (χ3v) is 4.77. The number of carbonyl (C=O) groups is 3. The fourth-order valence-corrected chi connectivity index (χ4v) is 3.12. The molecule has 0 aromatic rings. The lowest BCUT2D eigenvalue weighted by atomic mass is 9.81. The van der Waals surface area contributed by atoms with Crippen LogP contribution in [0.3, 0.4) is 0 Å². The molecule has 114 valence electrons. The minimum atomic E-state index is -0.697. The number of amides is 2. The summed E-state index contributed by atoms with van der Waals surface area (Å²) in [6, 6.07) is 0. The molecular weight excluding hydrogens is 274 g/mol. The number of rotatable bonds is 6. The van der Waals surface area contributed by atoms with Crippen LogP contribution in [0.15, 0.2) is 0 Å². The van der Waals surface area contributed by atoms with E-state index in [1.54, 1.807) is 0 Å². The molecule has 0 bridgehead atoms. The van der Waals surface area contributed by atoms with Crippen molar-refractivity contribution < 1.29 is 23.9 Å². The summed E-state index contributed by atoms with van der Waals surface area (Å²) in [6.07, 6.45) is 3.19. The van der Waals surface area contributed by atoms with Gasteiger partial charge in [-0.05, 0) is 18.8 Å². The monoisotopic (exact) mass is 293 g/mol. The molecule has 0 aromatic carbocycles. The van der Waals surface area contributed by atoms with E-state index in [0.29, 0.717) is 38.5 Å². The number of ether oxygens (including phenoxy) is 2. The summed E-state index contributed by atoms with van der Waals surface area (Å²) in [7, 11) is 0. The van der Waals surface area contributed by atoms with E-state index < -0.39 is 11.8 Å². The normalized spacial score (nSPS) is 38.9. The van der Waals surface area contributed by atoms with Crippen LogP contribution in [0.25, 0.3) is 0 Å². The molecule has 21 heavy (non-hydrogen) atoms. The van der Waals surface area contributed by atoms with Gasteiger partial charge in [0.15, 0.2) is 5.78 Å². The molecule has 4 fully saturated rings. The Balaban J connectivity index is 1.54. The average Bonchev–Trinajstić information content (AvgIpc) is 3.31. The highest BCUT2D eigenvalue weighted by atomic mass is 16.6. The Bertz CT molecular complexity index is 403. The second kappa shape index (κ2) is 4.88. The van der Waals surface area contributed by atoms with Crippen LogP contribution in [0.1, 0.15) is 25.7 Å². The molecule has 0 spiro atoms. The van der Waals surface area contributed by atoms with Crippen LogP contribution in [-0.2, 0) is 23.9 Å². The van der Waals surface area contributed by atoms with Crippen molar-refractivity contribution in [1.82, 2.24) is 4.90 Å². The zero-order chi connectivity index (χ0) is 14.6. The molecule has 4 unspecified atom stereocenters. The van der Waals surface area contributed by atoms with E-state index in [9.17, 15) is 14.4 Å². The largest absolute Gasteiger partial charge is 0.373 e. The van der Waals surface area contributed by atoms with E-state index >= 15 is 0 Å². The summed E-state index contributed by atoms with van der Waals surface area (Å²) < 4.78 is 10.3. The van der Waals surface area contributed by atoms with Crippen LogP contribution < -0.4 is 0 Å². The van der Waals surface area contributed by atoms with Crippen molar-refractivity contribution in [3.05, 3.63) is 0 Å². The van der Waals surface area contributed by atoms with Crippen LogP contribution in [0.2, 0.25) is 0 Å². The number of epoxide rings is 2. The molecule has 6 nitrogen and oxygen atoms in total. The van der Waals surface area contributed by atoms with Crippen molar-refractivity contribution in [2.24, 2.45) is 17.8 Å². The van der Waals surface area contributed by atoms with Crippen LogP contribution in [0.5, 0.6) is 0 Å². The van der Waals surface area contributed by atoms with Crippen molar-refractivity contribution in [1.29, 1.82) is 0 Å². The first kappa shape index (κ1) is 13.4. The number of hydrogen-bond acceptors (Lipinski definition) is 5. The molecule has 0 radical (unpaired) electrons. The predicted octanol–water partition coefficient (Wildman–Crippen LogP) is 0.145. The lowest BCUT2D eigenvalue weighted by Gasteiger charge is -2.34. The fourth-order valence-electron chi connectivity index (χ4n) is 3.12. The number of piperidine rings is 1. The van der Waals surface area contributed by atoms with E-state index in [4.69, 9.17) is 9.47 Å². The number of ketones is 1. The van der Waals surface area contributed by atoms with E-state index in [0.717, 1.165) is 12.8 Å². The summed E-state index contributed by atoms with van der Waals surface area (Å²) >= 11 is 0. The molecular formula is C15H19NO5. The molecule has 4 aliphatic rings. The summed E-state index contributed by atoms with van der Waals surface area (Å²) in [5.74, 6) is -1.67. The van der Waals surface area contributed by atoms with E-state index in [1.807, 2.05) is 0 Å². The number of hydrogen-bond donors (Lipinski definition) is 0. The zero-order valence-corrected chi connectivity index (χ0v) is 11.8. The van der Waals surface area contributed by atoms with Crippen molar-refractivity contribution in [3.63, 3.8) is 0 Å². The quantitative estimate of drug-likeness (QED) is 0.395. The van der Waals surface area contributed by atoms with Gasteiger partial charge in [0.25, 0.3) is 0 Å². The van der Waals surface area contributed by atoms with Gasteiger partial charge in [0, 0.05) is 0 Å². The van der Waals surface area contributed by atoms with E-state index in [-0.39, 0.29) is 29.8 Å². The summed E-state index contributed by atoms with van der Waals surface area (Å²) in [5, 5.41) is 0. The van der Waals surface area contributed by atoms with Crippen molar-refractivity contribution in [2.45, 2.75) is 37.9 Å². The van der Waals surface area contributed by atoms with Gasteiger partial charge in [-0.1, -0.05) is 12.8 Å². The molecule has 3 aliphatic heterocycles. The molecule has 4 atom stereocenters. The van der Waals surface area contributed by atoms with E-state index in [1.165, 1.54) is 4.90 Å². The molecule has 3 saturated heterocycles. The Morgan fingerprint density at radius 3 is 2.00 bits per heavy atom. The Kier molecular flexibility index (Phi) is 3.11. The van der Waals surface area contributed by atoms with Gasteiger partial charge in [-0.2, -0.15) is 0 Å². The average molecular weight is 293 g/mol. The zero-order valence-electron chi connectivity index (χ0n) is 11.8. The van der Waals surface area contributed by atoms with Gasteiger partial charge in [0.1, 0.15) is 5.92 Å². The Morgan fingerprint density at radius 1 is 0.905 bits per heavy atom. The van der Waals surface area contributed by atoms with Gasteiger partial charge in [0.2, 0.25) is 11.8 Å². The first-order chi connectivity index (χ1) is 10.1. The van der Waals surface area contributed by atoms with Crippen molar-refractivity contribution in [2.75, 3.05) is 19.8 Å². The number of likely N-dealkylation sites (tertiary alicyclic amines) is 1. The maximum Gasteiger partial charge on any atom is 0.239 e. The van der Waals surface area contributed by atoms with Crippen LogP contribution in [0.4, 0.5) is 0 Å². The second-order valence-electron chi connectivity index (χ2n) is 6.62. The molecule has 0 aromatic heterocycles. The van der Waals surface area contributed by atoms with Crippen molar-refractivity contribution in [3.8, 4) is 0 Å². The third-order valence-electron chi connectivity index (χ3n) is 4.77. The van der Waals surface area contributed by atoms with Gasteiger partial charge < -0.3 is 9.47 Å². The Labute approximate surface area is 122 Å². The molecule has 4 rings (SSSR count). The maximum absolute atomic E-state index is 12.6. The van der Waals surface area contributed by atoms with E-state index in [2.05, 4.69) is 0 Å². The van der Waals surface area contributed by atoms with Gasteiger partial charge >= 0.3 is 0 Å². The lowest BCUT2D eigenvalue weighted by molar-refractivity contribution is -0.161. The van der Waals surface area contributed by atoms with Crippen LogP contribution in [-0.4, -0.2) is 54.5 Å². The standard InChI is InChI=1S/C15H19NO5/c17-13-11(3-8-1-2-8)14(18)16(5-10-7-21-10)15(19)12(13)4-9-6-20-9/h8-12H,1-7H2. The van der Waals surface area contributed by atoms with Gasteiger partial charge in [-0.25, -0.2) is 0 Å². The Morgan fingerprint density at radius 2 is 1.48 bits per heavy atom. The molecule has 0 N–H and O–H groups in total. The summed E-state index contributed by atoms with van der Waals surface area (Å²) in [6.45, 7) is 1.51. The van der Waals surface area contributed by atoms with Crippen molar-refractivity contribution >= 4 is 17.6 Å². The third kappa shape index (κ3) is 2.74. The molecule has 1 aliphatic carbocycles. The number of imide groups is 1. The lowest BCUT2D eigenvalue weighted by Crippen LogP contribution is -2.56. The highest BCUT2D eigenvalue weighted by Gasteiger charge is 2.51. The van der Waals surface area contributed by atoms with Crippen LogP contribution >= 0.6 is 0 Å². The highest BCUT2D eigenvalue weighted by Crippen LogP contribution is 2.39. The predicted molar refractivity (Wildman–Crippen MR) is 70.1 cm³/mol. The minimum absolute atomic E-state index is 0.0108.